The lowest BCUT2D eigenvalue weighted by atomic mass is 10.2. The van der Waals surface area contributed by atoms with Crippen LogP contribution in [0, 0.1) is 0 Å². The number of aliphatic hydroxyl groups excluding tert-OH is 2. The smallest absolute Gasteiger partial charge is 0.130 e. The van der Waals surface area contributed by atoms with Gasteiger partial charge in [0.2, 0.25) is 0 Å². The quantitative estimate of drug-likeness (QED) is 0.630. The highest BCUT2D eigenvalue weighted by Gasteiger charge is 2.33. The summed E-state index contributed by atoms with van der Waals surface area (Å²) in [7, 11) is 0. The Labute approximate surface area is 104 Å². The minimum Gasteiger partial charge on any atom is -0.545 e. The minimum atomic E-state index is -1.23. The first-order valence-corrected chi connectivity index (χ1v) is 5.62. The van der Waals surface area contributed by atoms with Crippen molar-refractivity contribution in [3.63, 3.8) is 0 Å². The molecule has 0 aromatic heterocycles. The van der Waals surface area contributed by atoms with Crippen molar-refractivity contribution in [2.45, 2.75) is 24.9 Å². The lowest BCUT2D eigenvalue weighted by Crippen LogP contribution is -2.25. The number of carbonyl (C=O) groups excluding carboxylic acids is 1. The van der Waals surface area contributed by atoms with E-state index in [1.807, 2.05) is 0 Å². The summed E-state index contributed by atoms with van der Waals surface area (Å²) in [6, 6.07) is 6.03. The van der Waals surface area contributed by atoms with Crippen LogP contribution in [-0.2, 0) is 4.74 Å². The van der Waals surface area contributed by atoms with Crippen LogP contribution in [0.15, 0.2) is 24.3 Å². The molecule has 18 heavy (non-hydrogen) atoms. The lowest BCUT2D eigenvalue weighted by Gasteiger charge is -2.15. The van der Waals surface area contributed by atoms with Gasteiger partial charge in [-0.05, 0) is 17.7 Å². The summed E-state index contributed by atoms with van der Waals surface area (Å²) in [5.74, 6) is -1.23. The van der Waals surface area contributed by atoms with E-state index in [0.717, 1.165) is 0 Å². The van der Waals surface area contributed by atoms with Gasteiger partial charge in [0.15, 0.2) is 0 Å². The molecule has 0 bridgehead atoms. The maximum Gasteiger partial charge on any atom is 0.130 e. The Hall–Kier alpha value is -1.63. The number of carboxylic acid groups (broad SMARTS) is 1. The van der Waals surface area contributed by atoms with E-state index >= 15 is 0 Å². The summed E-state index contributed by atoms with van der Waals surface area (Å²) in [4.78, 5) is 10.6. The van der Waals surface area contributed by atoms with Gasteiger partial charge < -0.3 is 30.2 Å². The van der Waals surface area contributed by atoms with E-state index in [1.165, 1.54) is 12.1 Å². The number of carboxylic acids is 1. The van der Waals surface area contributed by atoms with Crippen LogP contribution in [0.1, 0.15) is 16.8 Å². The normalized spacial score (nSPS) is 27.1. The topological polar surface area (TPSA) is 102 Å². The first-order valence-electron chi connectivity index (χ1n) is 5.62. The van der Waals surface area contributed by atoms with Gasteiger partial charge in [0.1, 0.15) is 12.3 Å². The van der Waals surface area contributed by atoms with E-state index in [0.29, 0.717) is 12.1 Å². The molecule has 0 saturated carbocycles. The summed E-state index contributed by atoms with van der Waals surface area (Å²) in [5.41, 5.74) is 0.775. The Balaban J connectivity index is 1.96. The van der Waals surface area contributed by atoms with Crippen LogP contribution in [0.5, 0.6) is 0 Å². The third-order valence-electron chi connectivity index (χ3n) is 2.85. The van der Waals surface area contributed by atoms with Gasteiger partial charge >= 0.3 is 0 Å². The molecule has 1 saturated heterocycles. The maximum atomic E-state index is 10.6. The summed E-state index contributed by atoms with van der Waals surface area (Å²) in [6.07, 6.45) is -1.31. The summed E-state index contributed by atoms with van der Waals surface area (Å²) in [5, 5.41) is 32.0. The number of aromatic carboxylic acids is 1. The van der Waals surface area contributed by atoms with Crippen LogP contribution in [0.25, 0.3) is 0 Å². The predicted molar refractivity (Wildman–Crippen MR) is 60.8 cm³/mol. The lowest BCUT2D eigenvalue weighted by molar-refractivity contribution is -0.255. The van der Waals surface area contributed by atoms with Crippen LogP contribution in [0.2, 0.25) is 0 Å². The van der Waals surface area contributed by atoms with Crippen LogP contribution in [0.4, 0.5) is 5.69 Å². The second-order valence-corrected chi connectivity index (χ2v) is 4.16. The largest absolute Gasteiger partial charge is 0.545 e. The van der Waals surface area contributed by atoms with Gasteiger partial charge in [-0.15, -0.1) is 0 Å². The Bertz CT molecular complexity index is 419. The number of benzene rings is 1. The molecule has 1 heterocycles. The van der Waals surface area contributed by atoms with E-state index in [9.17, 15) is 15.0 Å². The van der Waals surface area contributed by atoms with Crippen LogP contribution in [0.3, 0.4) is 0 Å². The number of rotatable bonds is 4. The molecule has 0 spiro atoms. The van der Waals surface area contributed by atoms with Crippen LogP contribution >= 0.6 is 0 Å². The molecule has 2 rings (SSSR count). The highest BCUT2D eigenvalue weighted by molar-refractivity contribution is 5.86. The zero-order chi connectivity index (χ0) is 13.1. The molecule has 1 aliphatic rings. The van der Waals surface area contributed by atoms with Crippen molar-refractivity contribution in [1.29, 1.82) is 0 Å². The van der Waals surface area contributed by atoms with Gasteiger partial charge in [0, 0.05) is 12.1 Å². The van der Waals surface area contributed by atoms with Crippen molar-refractivity contribution >= 4 is 11.7 Å². The molecule has 3 N–H and O–H groups in total. The number of carbonyl (C=O) groups is 1. The zero-order valence-corrected chi connectivity index (χ0v) is 9.57. The van der Waals surface area contributed by atoms with Gasteiger partial charge in [-0.3, -0.25) is 0 Å². The van der Waals surface area contributed by atoms with Crippen molar-refractivity contribution in [3.8, 4) is 0 Å². The average molecular weight is 252 g/mol. The first kappa shape index (κ1) is 12.8. The number of hydrogen-bond donors (Lipinski definition) is 3. The minimum absolute atomic E-state index is 0.0983. The molecule has 6 nitrogen and oxygen atoms in total. The molecule has 1 aromatic rings. The van der Waals surface area contributed by atoms with Crippen LogP contribution in [-0.4, -0.2) is 41.2 Å². The Morgan fingerprint density at radius 1 is 1.44 bits per heavy atom. The summed E-state index contributed by atoms with van der Waals surface area (Å²) in [6.45, 7) is -0.233. The van der Waals surface area contributed by atoms with Gasteiger partial charge in [0.05, 0.1) is 18.7 Å². The van der Waals surface area contributed by atoms with E-state index < -0.39 is 24.4 Å². The molecule has 0 radical (unpaired) electrons. The van der Waals surface area contributed by atoms with E-state index in [-0.39, 0.29) is 12.2 Å². The van der Waals surface area contributed by atoms with E-state index in [4.69, 9.17) is 9.84 Å². The molecule has 1 fully saturated rings. The molecular formula is C12H14NO5-. The SMILES string of the molecule is O=C([O-])c1ccc(N[C@@H]2C[C@H](O)[C@H](CO)O2)cc1. The summed E-state index contributed by atoms with van der Waals surface area (Å²) < 4.78 is 5.36. The number of ether oxygens (including phenoxy) is 1. The Morgan fingerprint density at radius 2 is 2.11 bits per heavy atom. The molecular weight excluding hydrogens is 238 g/mol. The third kappa shape index (κ3) is 2.79. The molecule has 3 atom stereocenters. The monoisotopic (exact) mass is 252 g/mol. The molecule has 0 amide bonds. The Kier molecular flexibility index (Phi) is 3.81. The molecule has 1 aliphatic heterocycles. The standard InChI is InChI=1S/C12H15NO5/c14-6-10-9(15)5-11(18-10)13-8-3-1-7(2-4-8)12(16)17/h1-4,9-11,13-15H,5-6H2,(H,16,17)/p-1/t9-,10-,11-/m0/s1. The van der Waals surface area contributed by atoms with Gasteiger partial charge in [-0.2, -0.15) is 0 Å². The second kappa shape index (κ2) is 5.34. The number of hydrogen-bond acceptors (Lipinski definition) is 6. The molecule has 1 aromatic carbocycles. The first-order chi connectivity index (χ1) is 8.60. The van der Waals surface area contributed by atoms with Crippen molar-refractivity contribution in [2.24, 2.45) is 0 Å². The fourth-order valence-corrected chi connectivity index (χ4v) is 1.87. The number of nitrogens with one attached hydrogen (secondary N) is 1. The second-order valence-electron chi connectivity index (χ2n) is 4.16. The maximum absolute atomic E-state index is 10.6. The fraction of sp³-hybridized carbons (Fsp3) is 0.417. The van der Waals surface area contributed by atoms with E-state index in [1.54, 1.807) is 12.1 Å². The average Bonchev–Trinajstić information content (AvgIpc) is 2.70. The number of anilines is 1. The van der Waals surface area contributed by atoms with E-state index in [2.05, 4.69) is 5.32 Å². The van der Waals surface area contributed by atoms with Gasteiger partial charge in [0.25, 0.3) is 0 Å². The number of aliphatic hydroxyl groups is 2. The van der Waals surface area contributed by atoms with Crippen LogP contribution < -0.4 is 10.4 Å². The Morgan fingerprint density at radius 3 is 2.61 bits per heavy atom. The van der Waals surface area contributed by atoms with Crippen molar-refractivity contribution in [1.82, 2.24) is 0 Å². The fourth-order valence-electron chi connectivity index (χ4n) is 1.87. The van der Waals surface area contributed by atoms with Crippen molar-refractivity contribution in [2.75, 3.05) is 11.9 Å². The predicted octanol–water partition coefficient (Wildman–Crippen LogP) is -1.07. The molecule has 0 aliphatic carbocycles. The summed E-state index contributed by atoms with van der Waals surface area (Å²) >= 11 is 0. The molecule has 6 heteroatoms. The molecule has 98 valence electrons. The highest BCUT2D eigenvalue weighted by atomic mass is 16.5. The third-order valence-corrected chi connectivity index (χ3v) is 2.85. The molecule has 0 unspecified atom stereocenters. The highest BCUT2D eigenvalue weighted by Crippen LogP contribution is 2.22. The van der Waals surface area contributed by atoms with Gasteiger partial charge in [-0.25, -0.2) is 0 Å². The van der Waals surface area contributed by atoms with Crippen molar-refractivity contribution < 1.29 is 24.9 Å². The van der Waals surface area contributed by atoms with Gasteiger partial charge in [-0.1, -0.05) is 12.1 Å². The zero-order valence-electron chi connectivity index (χ0n) is 9.57. The van der Waals surface area contributed by atoms with Crippen molar-refractivity contribution in [3.05, 3.63) is 29.8 Å².